The summed E-state index contributed by atoms with van der Waals surface area (Å²) < 4.78 is 0. The van der Waals surface area contributed by atoms with Crippen molar-refractivity contribution < 1.29 is 9.59 Å². The fourth-order valence-electron chi connectivity index (χ4n) is 2.20. The van der Waals surface area contributed by atoms with E-state index in [1.807, 2.05) is 51.1 Å². The van der Waals surface area contributed by atoms with Crippen molar-refractivity contribution in [3.05, 3.63) is 51.2 Å². The molecule has 0 unspecified atom stereocenters. The van der Waals surface area contributed by atoms with E-state index in [-0.39, 0.29) is 24.5 Å². The monoisotopic (exact) mass is 301 g/mol. The van der Waals surface area contributed by atoms with E-state index in [0.717, 1.165) is 26.6 Å². The van der Waals surface area contributed by atoms with Crippen molar-refractivity contribution in [2.45, 2.75) is 33.6 Å². The first-order valence-electron chi connectivity index (χ1n) is 6.93. The van der Waals surface area contributed by atoms with Gasteiger partial charge in [0.1, 0.15) is 0 Å². The number of anilines is 1. The number of benzene rings is 1. The van der Waals surface area contributed by atoms with E-state index < -0.39 is 0 Å². The molecule has 2 aromatic rings. The van der Waals surface area contributed by atoms with Crippen LogP contribution in [0, 0.1) is 20.8 Å². The van der Waals surface area contributed by atoms with Crippen LogP contribution in [0.2, 0.25) is 0 Å². The number of carbonyl (C=O) groups is 2. The van der Waals surface area contributed by atoms with Gasteiger partial charge in [0.2, 0.25) is 5.91 Å². The molecule has 1 heterocycles. The van der Waals surface area contributed by atoms with Gasteiger partial charge in [0.05, 0.1) is 0 Å². The second-order valence-corrected chi connectivity index (χ2v) is 6.57. The van der Waals surface area contributed by atoms with Crippen molar-refractivity contribution in [3.8, 4) is 0 Å². The number of Topliss-reactive ketones (excluding diaryl/α,β-unsaturated/α-hetero) is 1. The number of ketones is 1. The van der Waals surface area contributed by atoms with Gasteiger partial charge in [-0.3, -0.25) is 9.59 Å². The highest BCUT2D eigenvalue weighted by Crippen LogP contribution is 2.22. The van der Waals surface area contributed by atoms with Crippen LogP contribution < -0.4 is 5.32 Å². The van der Waals surface area contributed by atoms with Crippen LogP contribution in [0.5, 0.6) is 0 Å². The molecule has 21 heavy (non-hydrogen) atoms. The average molecular weight is 301 g/mol. The van der Waals surface area contributed by atoms with E-state index >= 15 is 0 Å². The Morgan fingerprint density at radius 3 is 2.43 bits per heavy atom. The van der Waals surface area contributed by atoms with E-state index in [2.05, 4.69) is 5.32 Å². The van der Waals surface area contributed by atoms with Crippen LogP contribution in [-0.4, -0.2) is 11.7 Å². The Hall–Kier alpha value is -1.94. The predicted octanol–water partition coefficient (Wildman–Crippen LogP) is 4.27. The fraction of sp³-hybridized carbons (Fsp3) is 0.294. The van der Waals surface area contributed by atoms with Gasteiger partial charge < -0.3 is 5.32 Å². The normalized spacial score (nSPS) is 10.4. The SMILES string of the molecule is Cc1cc(C(=O)CCC(=O)Nc2ccccc2C)c(C)s1. The van der Waals surface area contributed by atoms with Gasteiger partial charge in [0.25, 0.3) is 0 Å². The Kier molecular flexibility index (Phi) is 4.91. The van der Waals surface area contributed by atoms with Crippen molar-refractivity contribution in [1.82, 2.24) is 0 Å². The summed E-state index contributed by atoms with van der Waals surface area (Å²) in [5, 5.41) is 2.85. The molecule has 4 heteroatoms. The van der Waals surface area contributed by atoms with Crippen molar-refractivity contribution in [3.63, 3.8) is 0 Å². The smallest absolute Gasteiger partial charge is 0.224 e. The first-order valence-corrected chi connectivity index (χ1v) is 7.74. The van der Waals surface area contributed by atoms with Gasteiger partial charge in [0, 0.05) is 33.8 Å². The van der Waals surface area contributed by atoms with Crippen LogP contribution in [0.15, 0.2) is 30.3 Å². The molecular weight excluding hydrogens is 282 g/mol. The molecule has 0 aliphatic carbocycles. The third kappa shape index (κ3) is 4.02. The summed E-state index contributed by atoms with van der Waals surface area (Å²) in [6.07, 6.45) is 0.455. The topological polar surface area (TPSA) is 46.2 Å². The van der Waals surface area contributed by atoms with Crippen LogP contribution >= 0.6 is 11.3 Å². The molecule has 0 radical (unpaired) electrons. The van der Waals surface area contributed by atoms with E-state index in [1.54, 1.807) is 11.3 Å². The number of nitrogens with one attached hydrogen (secondary N) is 1. The van der Waals surface area contributed by atoms with E-state index in [1.165, 1.54) is 0 Å². The van der Waals surface area contributed by atoms with Gasteiger partial charge in [-0.2, -0.15) is 0 Å². The first-order chi connectivity index (χ1) is 9.97. The molecule has 0 aliphatic rings. The highest BCUT2D eigenvalue weighted by molar-refractivity contribution is 7.12. The predicted molar refractivity (Wildman–Crippen MR) is 87.2 cm³/mol. The summed E-state index contributed by atoms with van der Waals surface area (Å²) in [6, 6.07) is 9.52. The lowest BCUT2D eigenvalue weighted by atomic mass is 10.1. The van der Waals surface area contributed by atoms with Crippen molar-refractivity contribution in [2.24, 2.45) is 0 Å². The molecule has 0 spiro atoms. The molecule has 0 atom stereocenters. The Labute approximate surface area is 129 Å². The standard InChI is InChI=1S/C17H19NO2S/c1-11-6-4-5-7-15(11)18-17(20)9-8-16(19)14-10-12(2)21-13(14)3/h4-7,10H,8-9H2,1-3H3,(H,18,20). The molecule has 110 valence electrons. The lowest BCUT2D eigenvalue weighted by molar-refractivity contribution is -0.116. The van der Waals surface area contributed by atoms with Gasteiger partial charge >= 0.3 is 0 Å². The van der Waals surface area contributed by atoms with E-state index in [4.69, 9.17) is 0 Å². The number of hydrogen-bond acceptors (Lipinski definition) is 3. The maximum Gasteiger partial charge on any atom is 0.224 e. The molecule has 1 aromatic carbocycles. The van der Waals surface area contributed by atoms with Gasteiger partial charge in [-0.05, 0) is 38.5 Å². The molecule has 0 aliphatic heterocycles. The quantitative estimate of drug-likeness (QED) is 0.838. The van der Waals surface area contributed by atoms with Crippen molar-refractivity contribution in [2.75, 3.05) is 5.32 Å². The van der Waals surface area contributed by atoms with Crippen LogP contribution in [0.4, 0.5) is 5.69 Å². The molecule has 0 saturated carbocycles. The third-order valence-corrected chi connectivity index (χ3v) is 4.31. The minimum Gasteiger partial charge on any atom is -0.326 e. The fourth-order valence-corrected chi connectivity index (χ4v) is 3.14. The highest BCUT2D eigenvalue weighted by Gasteiger charge is 2.14. The Balaban J connectivity index is 1.91. The zero-order valence-electron chi connectivity index (χ0n) is 12.5. The third-order valence-electron chi connectivity index (χ3n) is 3.34. The minimum absolute atomic E-state index is 0.0387. The van der Waals surface area contributed by atoms with Crippen LogP contribution in [-0.2, 0) is 4.79 Å². The summed E-state index contributed by atoms with van der Waals surface area (Å²) in [4.78, 5) is 26.2. The molecule has 0 bridgehead atoms. The number of rotatable bonds is 5. The summed E-state index contributed by atoms with van der Waals surface area (Å²) in [5.74, 6) is -0.0842. The average Bonchev–Trinajstić information content (AvgIpc) is 2.78. The summed E-state index contributed by atoms with van der Waals surface area (Å²) in [5.41, 5.74) is 2.57. The van der Waals surface area contributed by atoms with Crippen LogP contribution in [0.25, 0.3) is 0 Å². The van der Waals surface area contributed by atoms with E-state index in [0.29, 0.717) is 0 Å². The molecule has 2 rings (SSSR count). The Morgan fingerprint density at radius 2 is 1.81 bits per heavy atom. The van der Waals surface area contributed by atoms with Gasteiger partial charge in [-0.1, -0.05) is 18.2 Å². The number of hydrogen-bond donors (Lipinski definition) is 1. The molecule has 3 nitrogen and oxygen atoms in total. The minimum atomic E-state index is -0.123. The highest BCUT2D eigenvalue weighted by atomic mass is 32.1. The summed E-state index contributed by atoms with van der Waals surface area (Å²) in [7, 11) is 0. The van der Waals surface area contributed by atoms with Crippen LogP contribution in [0.3, 0.4) is 0 Å². The molecule has 1 amide bonds. The summed E-state index contributed by atoms with van der Waals surface area (Å²) >= 11 is 1.61. The maximum absolute atomic E-state index is 12.1. The number of amides is 1. The number of para-hydroxylation sites is 1. The zero-order valence-corrected chi connectivity index (χ0v) is 13.3. The second kappa shape index (κ2) is 6.68. The van der Waals surface area contributed by atoms with E-state index in [9.17, 15) is 9.59 Å². The lowest BCUT2D eigenvalue weighted by Crippen LogP contribution is -2.14. The number of aryl methyl sites for hydroxylation is 3. The molecule has 1 N–H and O–H groups in total. The molecule has 0 saturated heterocycles. The van der Waals surface area contributed by atoms with Gasteiger partial charge in [-0.15, -0.1) is 11.3 Å². The molecular formula is C17H19NO2S. The Bertz CT molecular complexity index is 673. The van der Waals surface area contributed by atoms with Crippen LogP contribution in [0.1, 0.15) is 38.5 Å². The molecule has 1 aromatic heterocycles. The second-order valence-electron chi connectivity index (χ2n) is 5.11. The largest absolute Gasteiger partial charge is 0.326 e. The maximum atomic E-state index is 12.1. The van der Waals surface area contributed by atoms with Gasteiger partial charge in [0.15, 0.2) is 5.78 Å². The Morgan fingerprint density at radius 1 is 1.10 bits per heavy atom. The van der Waals surface area contributed by atoms with Crippen molar-refractivity contribution in [1.29, 1.82) is 0 Å². The van der Waals surface area contributed by atoms with Gasteiger partial charge in [-0.25, -0.2) is 0 Å². The summed E-state index contributed by atoms with van der Waals surface area (Å²) in [6.45, 7) is 5.87. The van der Waals surface area contributed by atoms with Crippen molar-refractivity contribution >= 4 is 28.7 Å². The molecule has 0 fully saturated rings. The first kappa shape index (κ1) is 15.4. The number of thiophene rings is 1. The lowest BCUT2D eigenvalue weighted by Gasteiger charge is -2.07. The zero-order chi connectivity index (χ0) is 15.4. The number of carbonyl (C=O) groups excluding carboxylic acids is 2.